The smallest absolute Gasteiger partial charge is 0.0204 e. The van der Waals surface area contributed by atoms with Crippen LogP contribution in [0, 0.1) is 11.8 Å². The number of fused-ring (bicyclic) bond motifs is 1. The van der Waals surface area contributed by atoms with Gasteiger partial charge in [-0.05, 0) is 37.9 Å². The van der Waals surface area contributed by atoms with Crippen molar-refractivity contribution in [3.63, 3.8) is 0 Å². The molecule has 0 aromatic heterocycles. The fourth-order valence-electron chi connectivity index (χ4n) is 2.72. The summed E-state index contributed by atoms with van der Waals surface area (Å²) in [5.41, 5.74) is 0. The molecule has 0 aromatic carbocycles. The van der Waals surface area contributed by atoms with Crippen molar-refractivity contribution >= 4 is 0 Å². The Morgan fingerprint density at radius 1 is 1.33 bits per heavy atom. The van der Waals surface area contributed by atoms with Crippen molar-refractivity contribution in [2.24, 2.45) is 11.8 Å². The zero-order valence-electron chi connectivity index (χ0n) is 7.79. The van der Waals surface area contributed by atoms with Gasteiger partial charge in [0.25, 0.3) is 0 Å². The van der Waals surface area contributed by atoms with E-state index in [1.54, 1.807) is 0 Å². The van der Waals surface area contributed by atoms with Crippen LogP contribution in [-0.2, 0) is 0 Å². The zero-order valence-corrected chi connectivity index (χ0v) is 7.79. The fraction of sp³-hybridized carbons (Fsp3) is 0.800. The van der Waals surface area contributed by atoms with Crippen LogP contribution in [0.15, 0.2) is 12.8 Å². The molecule has 2 nitrogen and oxygen atoms in total. The molecule has 68 valence electrons. The standard InChI is InChI=1S/C10H18N2/c1-3-12-6-8-4-10(11-2)5-9(8)7-12/h3,8-11H,1,4-7H2,2H3. The minimum atomic E-state index is 0.784. The number of hydrogen-bond acceptors (Lipinski definition) is 2. The molecule has 2 heteroatoms. The van der Waals surface area contributed by atoms with Crippen LogP contribution in [0.4, 0.5) is 0 Å². The average Bonchev–Trinajstić information content (AvgIpc) is 2.59. The van der Waals surface area contributed by atoms with Crippen molar-refractivity contribution in [2.75, 3.05) is 20.1 Å². The van der Waals surface area contributed by atoms with Gasteiger partial charge in [-0.2, -0.15) is 0 Å². The molecular weight excluding hydrogens is 148 g/mol. The summed E-state index contributed by atoms with van der Waals surface area (Å²) in [4.78, 5) is 2.36. The first-order valence-corrected chi connectivity index (χ1v) is 4.87. The molecule has 1 heterocycles. The van der Waals surface area contributed by atoms with E-state index in [2.05, 4.69) is 23.8 Å². The van der Waals surface area contributed by atoms with Gasteiger partial charge in [0, 0.05) is 19.1 Å². The van der Waals surface area contributed by atoms with Gasteiger partial charge in [0.2, 0.25) is 0 Å². The van der Waals surface area contributed by atoms with Crippen LogP contribution < -0.4 is 5.32 Å². The predicted molar refractivity (Wildman–Crippen MR) is 50.8 cm³/mol. The van der Waals surface area contributed by atoms with Crippen LogP contribution in [0.2, 0.25) is 0 Å². The molecule has 2 rings (SSSR count). The van der Waals surface area contributed by atoms with Gasteiger partial charge >= 0.3 is 0 Å². The second-order valence-electron chi connectivity index (χ2n) is 4.11. The third kappa shape index (κ3) is 1.24. The molecule has 1 saturated carbocycles. The fourth-order valence-corrected chi connectivity index (χ4v) is 2.72. The molecule has 0 aromatic rings. The van der Waals surface area contributed by atoms with E-state index in [4.69, 9.17) is 0 Å². The Labute approximate surface area is 74.6 Å². The molecule has 0 amide bonds. The van der Waals surface area contributed by atoms with E-state index in [1.807, 2.05) is 6.20 Å². The lowest BCUT2D eigenvalue weighted by Gasteiger charge is -2.15. The molecule has 1 aliphatic heterocycles. The molecule has 0 bridgehead atoms. The highest BCUT2D eigenvalue weighted by molar-refractivity contribution is 4.96. The summed E-state index contributed by atoms with van der Waals surface area (Å²) in [6.45, 7) is 6.30. The van der Waals surface area contributed by atoms with Crippen molar-refractivity contribution < 1.29 is 0 Å². The molecule has 1 N–H and O–H groups in total. The van der Waals surface area contributed by atoms with Gasteiger partial charge in [-0.3, -0.25) is 0 Å². The van der Waals surface area contributed by atoms with E-state index < -0.39 is 0 Å². The second kappa shape index (κ2) is 3.09. The van der Waals surface area contributed by atoms with Gasteiger partial charge in [0.1, 0.15) is 0 Å². The van der Waals surface area contributed by atoms with Crippen LogP contribution in [0.5, 0.6) is 0 Å². The quantitative estimate of drug-likeness (QED) is 0.660. The Kier molecular flexibility index (Phi) is 2.09. The first kappa shape index (κ1) is 8.11. The summed E-state index contributed by atoms with van der Waals surface area (Å²) in [6.07, 6.45) is 4.73. The van der Waals surface area contributed by atoms with Crippen molar-refractivity contribution in [1.82, 2.24) is 10.2 Å². The molecule has 1 saturated heterocycles. The SMILES string of the molecule is C=CN1CC2CC(NC)CC2C1. The first-order valence-electron chi connectivity index (χ1n) is 4.87. The summed E-state index contributed by atoms with van der Waals surface area (Å²) in [7, 11) is 2.08. The van der Waals surface area contributed by atoms with Crippen LogP contribution >= 0.6 is 0 Å². The molecule has 2 atom stereocenters. The second-order valence-corrected chi connectivity index (χ2v) is 4.11. The van der Waals surface area contributed by atoms with Crippen molar-refractivity contribution in [1.29, 1.82) is 0 Å². The first-order chi connectivity index (χ1) is 5.83. The molecule has 12 heavy (non-hydrogen) atoms. The molecule has 2 aliphatic rings. The Morgan fingerprint density at radius 3 is 2.33 bits per heavy atom. The number of likely N-dealkylation sites (tertiary alicyclic amines) is 1. The van der Waals surface area contributed by atoms with Crippen LogP contribution in [0.25, 0.3) is 0 Å². The summed E-state index contributed by atoms with van der Waals surface area (Å²) in [6, 6.07) is 0.784. The molecule has 2 unspecified atom stereocenters. The van der Waals surface area contributed by atoms with Crippen LogP contribution in [-0.4, -0.2) is 31.1 Å². The number of nitrogens with zero attached hydrogens (tertiary/aromatic N) is 1. The number of rotatable bonds is 2. The third-order valence-corrected chi connectivity index (χ3v) is 3.45. The maximum absolute atomic E-state index is 3.82. The van der Waals surface area contributed by atoms with Gasteiger partial charge in [0.15, 0.2) is 0 Å². The Balaban J connectivity index is 1.93. The zero-order chi connectivity index (χ0) is 8.55. The third-order valence-electron chi connectivity index (χ3n) is 3.45. The highest BCUT2D eigenvalue weighted by Crippen LogP contribution is 2.37. The largest absolute Gasteiger partial charge is 0.377 e. The summed E-state index contributed by atoms with van der Waals surface area (Å²) in [5, 5.41) is 3.38. The number of nitrogens with one attached hydrogen (secondary N) is 1. The van der Waals surface area contributed by atoms with E-state index >= 15 is 0 Å². The normalized spacial score (nSPS) is 40.1. The Hall–Kier alpha value is -0.500. The Morgan fingerprint density at radius 2 is 1.92 bits per heavy atom. The summed E-state index contributed by atoms with van der Waals surface area (Å²) in [5.74, 6) is 1.86. The predicted octanol–water partition coefficient (Wildman–Crippen LogP) is 1.06. The highest BCUT2D eigenvalue weighted by atomic mass is 15.1. The van der Waals surface area contributed by atoms with E-state index in [0.29, 0.717) is 0 Å². The van der Waals surface area contributed by atoms with Crippen LogP contribution in [0.1, 0.15) is 12.8 Å². The van der Waals surface area contributed by atoms with Gasteiger partial charge in [-0.25, -0.2) is 0 Å². The minimum Gasteiger partial charge on any atom is -0.377 e. The maximum atomic E-state index is 3.82. The molecule has 1 aliphatic carbocycles. The molecule has 0 spiro atoms. The summed E-state index contributed by atoms with van der Waals surface area (Å²) < 4.78 is 0. The lowest BCUT2D eigenvalue weighted by Crippen LogP contribution is -2.25. The van der Waals surface area contributed by atoms with Gasteiger partial charge in [-0.15, -0.1) is 0 Å². The molecule has 2 fully saturated rings. The lowest BCUT2D eigenvalue weighted by molar-refractivity contribution is 0.400. The van der Waals surface area contributed by atoms with Crippen molar-refractivity contribution in [3.05, 3.63) is 12.8 Å². The van der Waals surface area contributed by atoms with Gasteiger partial charge < -0.3 is 10.2 Å². The Bertz CT molecular complexity index is 165. The maximum Gasteiger partial charge on any atom is 0.0204 e. The highest BCUT2D eigenvalue weighted by Gasteiger charge is 2.39. The van der Waals surface area contributed by atoms with E-state index in [-0.39, 0.29) is 0 Å². The van der Waals surface area contributed by atoms with Gasteiger partial charge in [0.05, 0.1) is 0 Å². The molecular formula is C10H18N2. The topological polar surface area (TPSA) is 15.3 Å². The van der Waals surface area contributed by atoms with E-state index in [0.717, 1.165) is 17.9 Å². The molecule has 0 radical (unpaired) electrons. The van der Waals surface area contributed by atoms with E-state index in [9.17, 15) is 0 Å². The van der Waals surface area contributed by atoms with Gasteiger partial charge in [-0.1, -0.05) is 6.58 Å². The van der Waals surface area contributed by atoms with Crippen LogP contribution in [0.3, 0.4) is 0 Å². The van der Waals surface area contributed by atoms with Crippen molar-refractivity contribution in [3.8, 4) is 0 Å². The summed E-state index contributed by atoms with van der Waals surface area (Å²) >= 11 is 0. The van der Waals surface area contributed by atoms with E-state index in [1.165, 1.54) is 25.9 Å². The average molecular weight is 166 g/mol. The van der Waals surface area contributed by atoms with Crippen molar-refractivity contribution in [2.45, 2.75) is 18.9 Å². The lowest BCUT2D eigenvalue weighted by atomic mass is 10.0. The number of hydrogen-bond donors (Lipinski definition) is 1. The minimum absolute atomic E-state index is 0.784. The monoisotopic (exact) mass is 166 g/mol.